The Hall–Kier alpha value is -1.23. The predicted molar refractivity (Wildman–Crippen MR) is 68.1 cm³/mol. The SMILES string of the molecule is OCCC1CCCN(c2ccccc2C(F)(F)F)C1. The highest BCUT2D eigenvalue weighted by atomic mass is 19.4. The second kappa shape index (κ2) is 5.82. The minimum absolute atomic E-state index is 0.0967. The van der Waals surface area contributed by atoms with Crippen LogP contribution in [0.4, 0.5) is 18.9 Å². The first-order chi connectivity index (χ1) is 9.02. The number of alkyl halides is 3. The Bertz CT molecular complexity index is 417. The molecule has 1 aliphatic heterocycles. The Morgan fingerprint density at radius 3 is 2.68 bits per heavy atom. The molecule has 1 heterocycles. The molecular weight excluding hydrogens is 255 g/mol. The summed E-state index contributed by atoms with van der Waals surface area (Å²) in [6.45, 7) is 1.34. The van der Waals surface area contributed by atoms with Crippen LogP contribution in [-0.4, -0.2) is 24.8 Å². The highest BCUT2D eigenvalue weighted by Crippen LogP contribution is 2.37. The highest BCUT2D eigenvalue weighted by Gasteiger charge is 2.35. The Labute approximate surface area is 110 Å². The number of hydrogen-bond acceptors (Lipinski definition) is 2. The van der Waals surface area contributed by atoms with Gasteiger partial charge < -0.3 is 10.0 Å². The first-order valence-corrected chi connectivity index (χ1v) is 6.54. The van der Waals surface area contributed by atoms with Gasteiger partial charge >= 0.3 is 6.18 Å². The molecule has 0 aliphatic carbocycles. The maximum absolute atomic E-state index is 13.0. The van der Waals surface area contributed by atoms with E-state index in [4.69, 9.17) is 5.11 Å². The van der Waals surface area contributed by atoms with Crippen molar-refractivity contribution < 1.29 is 18.3 Å². The third-order valence-corrected chi connectivity index (χ3v) is 3.61. The number of hydrogen-bond donors (Lipinski definition) is 1. The van der Waals surface area contributed by atoms with Gasteiger partial charge in [0, 0.05) is 25.4 Å². The van der Waals surface area contributed by atoms with Gasteiger partial charge in [-0.2, -0.15) is 13.2 Å². The molecule has 0 radical (unpaired) electrons. The number of anilines is 1. The molecule has 0 spiro atoms. The van der Waals surface area contributed by atoms with Crippen molar-refractivity contribution >= 4 is 5.69 Å². The van der Waals surface area contributed by atoms with Crippen molar-refractivity contribution in [3.05, 3.63) is 29.8 Å². The standard InChI is InChI=1S/C14H18F3NO/c15-14(16,17)12-5-1-2-6-13(12)18-8-3-4-11(10-18)7-9-19/h1-2,5-6,11,19H,3-4,7-10H2. The maximum Gasteiger partial charge on any atom is 0.418 e. The molecule has 106 valence electrons. The van der Waals surface area contributed by atoms with Gasteiger partial charge in [0.25, 0.3) is 0 Å². The van der Waals surface area contributed by atoms with Gasteiger partial charge in [0.1, 0.15) is 0 Å². The van der Waals surface area contributed by atoms with E-state index in [1.54, 1.807) is 11.0 Å². The van der Waals surface area contributed by atoms with Crippen molar-refractivity contribution in [1.29, 1.82) is 0 Å². The number of aliphatic hydroxyl groups excluding tert-OH is 1. The molecule has 19 heavy (non-hydrogen) atoms. The van der Waals surface area contributed by atoms with Gasteiger partial charge in [-0.3, -0.25) is 0 Å². The van der Waals surface area contributed by atoms with E-state index >= 15 is 0 Å². The molecule has 0 bridgehead atoms. The summed E-state index contributed by atoms with van der Waals surface area (Å²) in [5.74, 6) is 0.278. The second-order valence-corrected chi connectivity index (χ2v) is 4.98. The van der Waals surface area contributed by atoms with Gasteiger partial charge in [-0.05, 0) is 37.3 Å². The lowest BCUT2D eigenvalue weighted by Gasteiger charge is -2.35. The summed E-state index contributed by atoms with van der Waals surface area (Å²) in [6, 6.07) is 5.72. The zero-order valence-electron chi connectivity index (χ0n) is 10.7. The van der Waals surface area contributed by atoms with Crippen LogP contribution in [0.3, 0.4) is 0 Å². The molecule has 0 saturated carbocycles. The van der Waals surface area contributed by atoms with Crippen LogP contribution in [0.1, 0.15) is 24.8 Å². The van der Waals surface area contributed by atoms with Gasteiger partial charge in [0.2, 0.25) is 0 Å². The molecule has 1 aliphatic rings. The van der Waals surface area contributed by atoms with Gasteiger partial charge in [-0.15, -0.1) is 0 Å². The first-order valence-electron chi connectivity index (χ1n) is 6.54. The van der Waals surface area contributed by atoms with Crippen LogP contribution in [0.2, 0.25) is 0 Å². The van der Waals surface area contributed by atoms with E-state index in [0.717, 1.165) is 18.9 Å². The fourth-order valence-electron chi connectivity index (χ4n) is 2.69. The molecule has 1 aromatic rings. The minimum Gasteiger partial charge on any atom is -0.396 e. The number of benzene rings is 1. The van der Waals surface area contributed by atoms with Crippen molar-refractivity contribution in [3.63, 3.8) is 0 Å². The number of piperidine rings is 1. The van der Waals surface area contributed by atoms with E-state index in [1.807, 2.05) is 0 Å². The summed E-state index contributed by atoms with van der Waals surface area (Å²) in [6.07, 6.45) is -1.81. The number of aliphatic hydroxyl groups is 1. The second-order valence-electron chi connectivity index (χ2n) is 4.98. The molecule has 1 aromatic carbocycles. The van der Waals surface area contributed by atoms with Crippen molar-refractivity contribution in [2.24, 2.45) is 5.92 Å². The largest absolute Gasteiger partial charge is 0.418 e. The summed E-state index contributed by atoms with van der Waals surface area (Å²) < 4.78 is 38.9. The average Bonchev–Trinajstić information content (AvgIpc) is 2.38. The molecule has 2 nitrogen and oxygen atoms in total. The van der Waals surface area contributed by atoms with E-state index < -0.39 is 11.7 Å². The molecule has 5 heteroatoms. The molecule has 1 unspecified atom stereocenters. The Balaban J connectivity index is 2.21. The fraction of sp³-hybridized carbons (Fsp3) is 0.571. The molecule has 0 aromatic heterocycles. The molecule has 1 fully saturated rings. The van der Waals surface area contributed by atoms with Gasteiger partial charge in [-0.25, -0.2) is 0 Å². The van der Waals surface area contributed by atoms with Gasteiger partial charge in [0.05, 0.1) is 5.56 Å². The quantitative estimate of drug-likeness (QED) is 0.913. The number of halogens is 3. The van der Waals surface area contributed by atoms with Crippen molar-refractivity contribution in [2.75, 3.05) is 24.6 Å². The van der Waals surface area contributed by atoms with Crippen LogP contribution in [-0.2, 0) is 6.18 Å². The number of nitrogens with zero attached hydrogens (tertiary/aromatic N) is 1. The summed E-state index contributed by atoms with van der Waals surface area (Å²) in [5, 5.41) is 8.96. The zero-order chi connectivity index (χ0) is 13.9. The smallest absolute Gasteiger partial charge is 0.396 e. The summed E-state index contributed by atoms with van der Waals surface area (Å²) in [4.78, 5) is 1.80. The van der Waals surface area contributed by atoms with Crippen molar-refractivity contribution in [2.45, 2.75) is 25.4 Å². The zero-order valence-corrected chi connectivity index (χ0v) is 10.7. The lowest BCUT2D eigenvalue weighted by Crippen LogP contribution is -2.36. The summed E-state index contributed by atoms with van der Waals surface area (Å²) in [7, 11) is 0. The van der Waals surface area contributed by atoms with E-state index in [9.17, 15) is 13.2 Å². The molecule has 0 amide bonds. The Morgan fingerprint density at radius 1 is 1.26 bits per heavy atom. The van der Waals surface area contributed by atoms with Crippen molar-refractivity contribution in [1.82, 2.24) is 0 Å². The average molecular weight is 273 g/mol. The topological polar surface area (TPSA) is 23.5 Å². The van der Waals surface area contributed by atoms with Crippen LogP contribution in [0, 0.1) is 5.92 Å². The van der Waals surface area contributed by atoms with Crippen molar-refractivity contribution in [3.8, 4) is 0 Å². The third kappa shape index (κ3) is 3.41. The van der Waals surface area contributed by atoms with E-state index in [-0.39, 0.29) is 18.2 Å². The number of para-hydroxylation sites is 1. The molecular formula is C14H18F3NO. The first kappa shape index (κ1) is 14.2. The van der Waals surface area contributed by atoms with Gasteiger partial charge in [-0.1, -0.05) is 12.1 Å². The number of rotatable bonds is 3. The van der Waals surface area contributed by atoms with Crippen LogP contribution in [0.15, 0.2) is 24.3 Å². The predicted octanol–water partition coefficient (Wildman–Crippen LogP) is 3.30. The maximum atomic E-state index is 13.0. The third-order valence-electron chi connectivity index (χ3n) is 3.61. The lowest BCUT2D eigenvalue weighted by molar-refractivity contribution is -0.137. The summed E-state index contributed by atoms with van der Waals surface area (Å²) >= 11 is 0. The molecule has 1 atom stereocenters. The Kier molecular flexibility index (Phi) is 4.34. The minimum atomic E-state index is -4.32. The molecule has 1 saturated heterocycles. The van der Waals surface area contributed by atoms with Crippen LogP contribution in [0.5, 0.6) is 0 Å². The normalized spacial score (nSPS) is 20.6. The highest BCUT2D eigenvalue weighted by molar-refractivity contribution is 5.55. The summed E-state index contributed by atoms with van der Waals surface area (Å²) in [5.41, 5.74) is -0.308. The van der Waals surface area contributed by atoms with Crippen LogP contribution in [0.25, 0.3) is 0 Å². The monoisotopic (exact) mass is 273 g/mol. The van der Waals surface area contributed by atoms with E-state index in [0.29, 0.717) is 19.5 Å². The Morgan fingerprint density at radius 2 is 2.00 bits per heavy atom. The molecule has 2 rings (SSSR count). The van der Waals surface area contributed by atoms with Gasteiger partial charge in [0.15, 0.2) is 0 Å². The van der Waals surface area contributed by atoms with E-state index in [2.05, 4.69) is 0 Å². The lowest BCUT2D eigenvalue weighted by atomic mass is 9.94. The molecule has 1 N–H and O–H groups in total. The van der Waals surface area contributed by atoms with E-state index in [1.165, 1.54) is 12.1 Å². The van der Waals surface area contributed by atoms with Crippen LogP contribution < -0.4 is 4.90 Å². The fourth-order valence-corrected chi connectivity index (χ4v) is 2.69. The van der Waals surface area contributed by atoms with Crippen LogP contribution >= 0.6 is 0 Å².